The highest BCUT2D eigenvalue weighted by Gasteiger charge is 2.66. The molecule has 4 N–H and O–H groups in total. The zero-order valence-electron chi connectivity index (χ0n) is 23.2. The fraction of sp³-hybridized carbons (Fsp3) is 0.469. The molecule has 8 nitrogen and oxygen atoms in total. The lowest BCUT2D eigenvalue weighted by Gasteiger charge is -2.48. The van der Waals surface area contributed by atoms with Crippen LogP contribution in [0.25, 0.3) is 11.1 Å². The van der Waals surface area contributed by atoms with Crippen molar-refractivity contribution in [2.24, 2.45) is 35.3 Å². The number of hydrogen-bond acceptors (Lipinski definition) is 7. The minimum atomic E-state index is -2.65. The van der Waals surface area contributed by atoms with Gasteiger partial charge in [0, 0.05) is 17.9 Å². The predicted molar refractivity (Wildman–Crippen MR) is 147 cm³/mol. The fourth-order valence-corrected chi connectivity index (χ4v) is 7.09. The molecule has 2 aromatic rings. The van der Waals surface area contributed by atoms with E-state index in [1.165, 1.54) is 0 Å². The first-order chi connectivity index (χ1) is 18.8. The Morgan fingerprint density at radius 3 is 2.25 bits per heavy atom. The molecule has 2 unspecified atom stereocenters. The van der Waals surface area contributed by atoms with Gasteiger partial charge in [-0.1, -0.05) is 52.0 Å². The van der Waals surface area contributed by atoms with Crippen LogP contribution in [0.5, 0.6) is 5.75 Å². The van der Waals surface area contributed by atoms with Crippen LogP contribution in [0.1, 0.15) is 73.5 Å². The van der Waals surface area contributed by atoms with Gasteiger partial charge in [0.05, 0.1) is 11.5 Å². The predicted octanol–water partition coefficient (Wildman–Crippen LogP) is 3.32. The van der Waals surface area contributed by atoms with Crippen molar-refractivity contribution in [3.8, 4) is 16.9 Å². The number of hydrogen-bond donors (Lipinski definition) is 3. The molecule has 5 rings (SSSR count). The molecule has 5 atom stereocenters. The van der Waals surface area contributed by atoms with Gasteiger partial charge in [-0.15, -0.1) is 0 Å². The number of aliphatic hydroxyl groups is 1. The second kappa shape index (κ2) is 9.77. The smallest absolute Gasteiger partial charge is 0.235 e. The summed E-state index contributed by atoms with van der Waals surface area (Å²) in [6.45, 7) is 8.25. The van der Waals surface area contributed by atoms with Gasteiger partial charge in [0.1, 0.15) is 5.75 Å². The van der Waals surface area contributed by atoms with Gasteiger partial charge in [-0.2, -0.15) is 0 Å². The molecule has 0 spiro atoms. The van der Waals surface area contributed by atoms with E-state index in [2.05, 4.69) is 13.8 Å². The molecule has 0 heterocycles. The summed E-state index contributed by atoms with van der Waals surface area (Å²) in [5.74, 6) is -9.49. The SMILES string of the molecule is CC(C)Cc1ccc(-c2cc(C(C)C)c3c(c2O)C(=O)C2C(=O)[C@]4(O)C(=O)C(C(N)=O)C(=O)C[C@@H]4C[C@@H]2C3)cc1. The zero-order chi connectivity index (χ0) is 29.3. The first-order valence-corrected chi connectivity index (χ1v) is 13.9. The van der Waals surface area contributed by atoms with Crippen LogP contribution in [0.15, 0.2) is 30.3 Å². The van der Waals surface area contributed by atoms with Gasteiger partial charge >= 0.3 is 0 Å². The largest absolute Gasteiger partial charge is 0.507 e. The molecule has 210 valence electrons. The Hall–Kier alpha value is -3.65. The van der Waals surface area contributed by atoms with Crippen LogP contribution < -0.4 is 5.73 Å². The van der Waals surface area contributed by atoms with Crippen LogP contribution in [-0.4, -0.2) is 44.9 Å². The number of carbonyl (C=O) groups is 5. The summed E-state index contributed by atoms with van der Waals surface area (Å²) >= 11 is 0. The molecule has 0 radical (unpaired) electrons. The van der Waals surface area contributed by atoms with Crippen LogP contribution in [0, 0.1) is 29.6 Å². The normalized spacial score (nSPS) is 28.0. The van der Waals surface area contributed by atoms with Crippen molar-refractivity contribution in [1.82, 2.24) is 0 Å². The molecule has 40 heavy (non-hydrogen) atoms. The lowest BCUT2D eigenvalue weighted by Crippen LogP contribution is -2.68. The maximum absolute atomic E-state index is 14.1. The summed E-state index contributed by atoms with van der Waals surface area (Å²) in [6, 6.07) is 9.69. The molecule has 3 aliphatic rings. The highest BCUT2D eigenvalue weighted by atomic mass is 16.3. The van der Waals surface area contributed by atoms with Crippen molar-refractivity contribution < 1.29 is 34.2 Å². The van der Waals surface area contributed by atoms with E-state index in [4.69, 9.17) is 5.73 Å². The van der Waals surface area contributed by atoms with E-state index in [1.807, 2.05) is 44.2 Å². The van der Waals surface area contributed by atoms with Crippen molar-refractivity contribution in [1.29, 1.82) is 0 Å². The van der Waals surface area contributed by atoms with Crippen molar-refractivity contribution >= 4 is 29.0 Å². The lowest BCUT2D eigenvalue weighted by atomic mass is 9.53. The van der Waals surface area contributed by atoms with E-state index >= 15 is 0 Å². The number of ketones is 4. The second-order valence-electron chi connectivity index (χ2n) is 12.4. The molecule has 1 amide bonds. The van der Waals surface area contributed by atoms with Crippen molar-refractivity contribution in [2.75, 3.05) is 0 Å². The molecule has 8 heteroatoms. The summed E-state index contributed by atoms with van der Waals surface area (Å²) in [5, 5.41) is 22.9. The Labute approximate surface area is 233 Å². The Morgan fingerprint density at radius 1 is 1.02 bits per heavy atom. The molecule has 3 aliphatic carbocycles. The van der Waals surface area contributed by atoms with E-state index < -0.39 is 58.3 Å². The van der Waals surface area contributed by atoms with Gasteiger partial charge in [0.15, 0.2) is 34.7 Å². The standard InChI is InChI=1S/C32H35NO7/c1-14(2)9-16-5-7-17(8-6-16)21-13-20(15(3)4)22-11-18-10-19-12-23(34)26(31(33)39)30(38)32(19,40)29(37)24(18)28(36)25(22)27(21)35/h5-8,13-15,18-19,24,26,35,40H,9-12H2,1-4H3,(H2,33,39)/t18-,19+,24?,26?,32+/m1/s1. The van der Waals surface area contributed by atoms with E-state index in [-0.39, 0.29) is 36.5 Å². The Bertz CT molecular complexity index is 1450. The maximum atomic E-state index is 14.1. The second-order valence-corrected chi connectivity index (χ2v) is 12.4. The Kier molecular flexibility index (Phi) is 6.81. The van der Waals surface area contributed by atoms with Gasteiger partial charge in [-0.25, -0.2) is 0 Å². The number of Topliss-reactive ketones (excluding diaryl/α,β-unsaturated/α-hetero) is 4. The van der Waals surface area contributed by atoms with E-state index in [0.29, 0.717) is 17.0 Å². The number of fused-ring (bicyclic) bond motifs is 3. The number of benzene rings is 2. The minimum Gasteiger partial charge on any atom is -0.507 e. The van der Waals surface area contributed by atoms with Crippen LogP contribution in [-0.2, 0) is 32.0 Å². The number of primary amides is 1. The van der Waals surface area contributed by atoms with Crippen LogP contribution >= 0.6 is 0 Å². The highest BCUT2D eigenvalue weighted by molar-refractivity contribution is 6.31. The molecular formula is C32H35NO7. The number of rotatable bonds is 5. The summed E-state index contributed by atoms with van der Waals surface area (Å²) in [6.07, 6.45) is 0.918. The summed E-state index contributed by atoms with van der Waals surface area (Å²) in [7, 11) is 0. The number of aromatic hydroxyl groups is 1. The molecule has 0 aromatic heterocycles. The van der Waals surface area contributed by atoms with Crippen LogP contribution in [0.3, 0.4) is 0 Å². The first kappa shape index (κ1) is 27.9. The Morgan fingerprint density at radius 2 is 1.68 bits per heavy atom. The highest BCUT2D eigenvalue weighted by Crippen LogP contribution is 2.52. The molecule has 2 fully saturated rings. The number of phenolic OH excluding ortho intramolecular Hbond substituents is 1. The average Bonchev–Trinajstić information content (AvgIpc) is 2.86. The molecular weight excluding hydrogens is 510 g/mol. The van der Waals surface area contributed by atoms with E-state index in [1.54, 1.807) is 0 Å². The molecule has 0 bridgehead atoms. The quantitative estimate of drug-likeness (QED) is 0.488. The topological polar surface area (TPSA) is 152 Å². The van der Waals surface area contributed by atoms with Gasteiger partial charge in [-0.3, -0.25) is 24.0 Å². The fourth-order valence-electron chi connectivity index (χ4n) is 7.09. The van der Waals surface area contributed by atoms with Gasteiger partial charge in [0.2, 0.25) is 5.91 Å². The molecule has 2 aromatic carbocycles. The van der Waals surface area contributed by atoms with Crippen molar-refractivity contribution in [3.05, 3.63) is 52.6 Å². The minimum absolute atomic E-state index is 0.00282. The third kappa shape index (κ3) is 4.12. The van der Waals surface area contributed by atoms with E-state index in [9.17, 15) is 34.2 Å². The van der Waals surface area contributed by atoms with Crippen LogP contribution in [0.4, 0.5) is 0 Å². The third-order valence-electron chi connectivity index (χ3n) is 8.97. The first-order valence-electron chi connectivity index (χ1n) is 13.9. The Balaban J connectivity index is 1.61. The number of carbonyl (C=O) groups excluding carboxylic acids is 5. The van der Waals surface area contributed by atoms with Gasteiger partial charge < -0.3 is 15.9 Å². The maximum Gasteiger partial charge on any atom is 0.235 e. The number of amides is 1. The average molecular weight is 546 g/mol. The number of phenols is 1. The van der Waals surface area contributed by atoms with Gasteiger partial charge in [-0.05, 0) is 65.3 Å². The van der Waals surface area contributed by atoms with Crippen molar-refractivity contribution in [3.63, 3.8) is 0 Å². The third-order valence-corrected chi connectivity index (χ3v) is 8.97. The number of nitrogens with two attached hydrogens (primary N) is 1. The molecule has 0 aliphatic heterocycles. The summed E-state index contributed by atoms with van der Waals surface area (Å²) in [5.41, 5.74) is 6.53. The monoisotopic (exact) mass is 545 g/mol. The molecule has 2 saturated carbocycles. The van der Waals surface area contributed by atoms with Crippen LogP contribution in [0.2, 0.25) is 0 Å². The lowest BCUT2D eigenvalue weighted by molar-refractivity contribution is -0.175. The summed E-state index contributed by atoms with van der Waals surface area (Å²) in [4.78, 5) is 65.4. The summed E-state index contributed by atoms with van der Waals surface area (Å²) < 4.78 is 0. The van der Waals surface area contributed by atoms with Gasteiger partial charge in [0.25, 0.3) is 0 Å². The zero-order valence-corrected chi connectivity index (χ0v) is 23.2. The van der Waals surface area contributed by atoms with E-state index in [0.717, 1.165) is 23.1 Å². The van der Waals surface area contributed by atoms with Crippen molar-refractivity contribution in [2.45, 2.75) is 64.9 Å². The molecule has 0 saturated heterocycles.